The highest BCUT2D eigenvalue weighted by atomic mass is 16.7. The van der Waals surface area contributed by atoms with Crippen molar-refractivity contribution in [3.05, 3.63) is 53.1 Å². The SMILES string of the molecule is Cc1ccc(C(=O)NCC2CC(=O)N(c3ccc4c(c3)OCO4)C2)cc1C. The molecule has 0 aliphatic carbocycles. The van der Waals surface area contributed by atoms with Crippen LogP contribution in [0.25, 0.3) is 0 Å². The molecule has 2 amide bonds. The van der Waals surface area contributed by atoms with Gasteiger partial charge in [0.15, 0.2) is 11.5 Å². The maximum absolute atomic E-state index is 12.4. The van der Waals surface area contributed by atoms with E-state index in [9.17, 15) is 9.59 Å². The molecule has 0 spiro atoms. The van der Waals surface area contributed by atoms with Gasteiger partial charge in [0.05, 0.1) is 0 Å². The van der Waals surface area contributed by atoms with Gasteiger partial charge in [0.2, 0.25) is 12.7 Å². The first kappa shape index (κ1) is 17.4. The highest BCUT2D eigenvalue weighted by Crippen LogP contribution is 2.37. The molecular weight excluding hydrogens is 344 g/mol. The summed E-state index contributed by atoms with van der Waals surface area (Å²) in [7, 11) is 0. The van der Waals surface area contributed by atoms with Crippen molar-refractivity contribution in [3.63, 3.8) is 0 Å². The van der Waals surface area contributed by atoms with Gasteiger partial charge in [-0.2, -0.15) is 0 Å². The van der Waals surface area contributed by atoms with Crippen LogP contribution < -0.4 is 19.7 Å². The molecule has 1 N–H and O–H groups in total. The van der Waals surface area contributed by atoms with Crippen molar-refractivity contribution in [1.82, 2.24) is 5.32 Å². The molecule has 0 radical (unpaired) electrons. The molecule has 27 heavy (non-hydrogen) atoms. The van der Waals surface area contributed by atoms with Crippen LogP contribution >= 0.6 is 0 Å². The Kier molecular flexibility index (Phi) is 4.48. The van der Waals surface area contributed by atoms with Gasteiger partial charge in [-0.15, -0.1) is 0 Å². The molecule has 1 unspecified atom stereocenters. The summed E-state index contributed by atoms with van der Waals surface area (Å²) in [6.07, 6.45) is 0.418. The van der Waals surface area contributed by atoms with Gasteiger partial charge in [0, 0.05) is 42.7 Å². The molecule has 0 bridgehead atoms. The van der Waals surface area contributed by atoms with Crippen LogP contribution in [0.15, 0.2) is 36.4 Å². The van der Waals surface area contributed by atoms with E-state index < -0.39 is 0 Å². The Balaban J connectivity index is 1.38. The predicted octanol–water partition coefficient (Wildman–Crippen LogP) is 2.82. The molecule has 2 heterocycles. The number of hydrogen-bond donors (Lipinski definition) is 1. The van der Waals surface area contributed by atoms with E-state index in [0.717, 1.165) is 16.8 Å². The number of ether oxygens (including phenoxy) is 2. The van der Waals surface area contributed by atoms with Crippen LogP contribution in [0.5, 0.6) is 11.5 Å². The maximum atomic E-state index is 12.4. The minimum Gasteiger partial charge on any atom is -0.454 e. The molecule has 2 aromatic rings. The lowest BCUT2D eigenvalue weighted by Crippen LogP contribution is -2.31. The first-order valence-electron chi connectivity index (χ1n) is 9.07. The van der Waals surface area contributed by atoms with E-state index in [1.165, 1.54) is 0 Å². The Morgan fingerprint density at radius 2 is 1.93 bits per heavy atom. The summed E-state index contributed by atoms with van der Waals surface area (Å²) in [5, 5.41) is 2.96. The van der Waals surface area contributed by atoms with Crippen molar-refractivity contribution in [3.8, 4) is 11.5 Å². The van der Waals surface area contributed by atoms with Crippen LogP contribution in [0.3, 0.4) is 0 Å². The van der Waals surface area contributed by atoms with E-state index in [2.05, 4.69) is 5.32 Å². The van der Waals surface area contributed by atoms with Crippen LogP contribution in [-0.4, -0.2) is 31.7 Å². The van der Waals surface area contributed by atoms with Crippen LogP contribution in [0.2, 0.25) is 0 Å². The second-order valence-electron chi connectivity index (χ2n) is 7.12. The van der Waals surface area contributed by atoms with Crippen molar-refractivity contribution in [1.29, 1.82) is 0 Å². The summed E-state index contributed by atoms with van der Waals surface area (Å²) < 4.78 is 10.7. The molecule has 2 aromatic carbocycles. The van der Waals surface area contributed by atoms with E-state index in [-0.39, 0.29) is 24.5 Å². The minimum absolute atomic E-state index is 0.0549. The van der Waals surface area contributed by atoms with Gasteiger partial charge in [-0.25, -0.2) is 0 Å². The van der Waals surface area contributed by atoms with Crippen molar-refractivity contribution < 1.29 is 19.1 Å². The standard InChI is InChI=1S/C21H22N2O4/c1-13-3-4-16(7-14(13)2)21(25)22-10-15-8-20(24)23(11-15)17-5-6-18-19(9-17)27-12-26-18/h3-7,9,15H,8,10-12H2,1-2H3,(H,22,25). The molecule has 6 nitrogen and oxygen atoms in total. The van der Waals surface area contributed by atoms with E-state index >= 15 is 0 Å². The van der Waals surface area contributed by atoms with Gasteiger partial charge in [-0.3, -0.25) is 9.59 Å². The Morgan fingerprint density at radius 3 is 2.74 bits per heavy atom. The second kappa shape index (κ2) is 6.95. The van der Waals surface area contributed by atoms with Crippen LogP contribution in [0.4, 0.5) is 5.69 Å². The van der Waals surface area contributed by atoms with E-state index in [0.29, 0.717) is 36.6 Å². The van der Waals surface area contributed by atoms with Crippen molar-refractivity contribution >= 4 is 17.5 Å². The number of amides is 2. The quantitative estimate of drug-likeness (QED) is 0.904. The Labute approximate surface area is 158 Å². The molecule has 1 fully saturated rings. The zero-order valence-electron chi connectivity index (χ0n) is 15.5. The average molecular weight is 366 g/mol. The lowest BCUT2D eigenvalue weighted by atomic mass is 10.1. The van der Waals surface area contributed by atoms with Crippen LogP contribution in [0.1, 0.15) is 27.9 Å². The zero-order chi connectivity index (χ0) is 19.0. The van der Waals surface area contributed by atoms with Gasteiger partial charge in [0.1, 0.15) is 0 Å². The summed E-state index contributed by atoms with van der Waals surface area (Å²) in [5.41, 5.74) is 3.70. The van der Waals surface area contributed by atoms with Crippen molar-refractivity contribution in [2.75, 3.05) is 24.8 Å². The molecule has 1 atom stereocenters. The number of hydrogen-bond acceptors (Lipinski definition) is 4. The van der Waals surface area contributed by atoms with Gasteiger partial charge in [0.25, 0.3) is 5.91 Å². The molecule has 0 saturated carbocycles. The van der Waals surface area contributed by atoms with Gasteiger partial charge < -0.3 is 19.7 Å². The third kappa shape index (κ3) is 3.47. The van der Waals surface area contributed by atoms with E-state index in [1.54, 1.807) is 4.90 Å². The first-order valence-corrected chi connectivity index (χ1v) is 9.07. The van der Waals surface area contributed by atoms with Crippen LogP contribution in [0, 0.1) is 19.8 Å². The summed E-state index contributed by atoms with van der Waals surface area (Å²) >= 11 is 0. The number of anilines is 1. The topological polar surface area (TPSA) is 67.9 Å². The van der Waals surface area contributed by atoms with Gasteiger partial charge >= 0.3 is 0 Å². The molecule has 2 aliphatic heterocycles. The van der Waals surface area contributed by atoms with Crippen LogP contribution in [-0.2, 0) is 4.79 Å². The average Bonchev–Trinajstić information content (AvgIpc) is 3.27. The number of benzene rings is 2. The lowest BCUT2D eigenvalue weighted by molar-refractivity contribution is -0.117. The number of fused-ring (bicyclic) bond motifs is 1. The Hall–Kier alpha value is -3.02. The summed E-state index contributed by atoms with van der Waals surface area (Å²) in [6, 6.07) is 11.2. The van der Waals surface area contributed by atoms with E-state index in [4.69, 9.17) is 9.47 Å². The highest BCUT2D eigenvalue weighted by Gasteiger charge is 2.31. The smallest absolute Gasteiger partial charge is 0.251 e. The molecule has 2 aliphatic rings. The number of nitrogens with zero attached hydrogens (tertiary/aromatic N) is 1. The number of carbonyl (C=O) groups is 2. The van der Waals surface area contributed by atoms with Gasteiger partial charge in [-0.05, 0) is 49.2 Å². The predicted molar refractivity (Wildman–Crippen MR) is 101 cm³/mol. The molecule has 1 saturated heterocycles. The number of carbonyl (C=O) groups excluding carboxylic acids is 2. The second-order valence-corrected chi connectivity index (χ2v) is 7.12. The van der Waals surface area contributed by atoms with Crippen molar-refractivity contribution in [2.24, 2.45) is 5.92 Å². The lowest BCUT2D eigenvalue weighted by Gasteiger charge is -2.17. The minimum atomic E-state index is -0.105. The molecule has 4 rings (SSSR count). The highest BCUT2D eigenvalue weighted by molar-refractivity contribution is 5.97. The first-order chi connectivity index (χ1) is 13.0. The zero-order valence-corrected chi connectivity index (χ0v) is 15.5. The molecular formula is C21H22N2O4. The van der Waals surface area contributed by atoms with Crippen molar-refractivity contribution in [2.45, 2.75) is 20.3 Å². The summed E-state index contributed by atoms with van der Waals surface area (Å²) in [6.45, 7) is 5.26. The maximum Gasteiger partial charge on any atom is 0.251 e. The number of rotatable bonds is 4. The molecule has 0 aromatic heterocycles. The number of nitrogens with one attached hydrogen (secondary N) is 1. The monoisotopic (exact) mass is 366 g/mol. The fraction of sp³-hybridized carbons (Fsp3) is 0.333. The Morgan fingerprint density at radius 1 is 1.11 bits per heavy atom. The third-order valence-electron chi connectivity index (χ3n) is 5.19. The normalized spacial score (nSPS) is 18.1. The van der Waals surface area contributed by atoms with Gasteiger partial charge in [-0.1, -0.05) is 6.07 Å². The molecule has 140 valence electrons. The fourth-order valence-corrected chi connectivity index (χ4v) is 3.44. The summed E-state index contributed by atoms with van der Waals surface area (Å²) in [4.78, 5) is 26.6. The third-order valence-corrected chi connectivity index (χ3v) is 5.19. The largest absolute Gasteiger partial charge is 0.454 e. The Bertz CT molecular complexity index is 909. The van der Waals surface area contributed by atoms with E-state index in [1.807, 2.05) is 50.2 Å². The number of aryl methyl sites for hydroxylation is 2. The fourth-order valence-electron chi connectivity index (χ4n) is 3.44. The summed E-state index contributed by atoms with van der Waals surface area (Å²) in [5.74, 6) is 1.39. The molecule has 6 heteroatoms.